The first-order chi connectivity index (χ1) is 12.0. The Labute approximate surface area is 148 Å². The van der Waals surface area contributed by atoms with Crippen LogP contribution in [0.4, 0.5) is 0 Å². The van der Waals surface area contributed by atoms with Crippen molar-refractivity contribution in [3.63, 3.8) is 0 Å². The third-order valence-corrected chi connectivity index (χ3v) is 7.32. The topological polar surface area (TPSA) is 51.2 Å². The number of likely N-dealkylation sites (tertiary alicyclic amines) is 1. The second kappa shape index (κ2) is 5.19. The molecule has 3 fully saturated rings. The molecule has 5 nitrogen and oxygen atoms in total. The number of benzene rings is 1. The number of ether oxygens (including phenoxy) is 3. The number of hydrogen-bond acceptors (Lipinski definition) is 5. The fourth-order valence-corrected chi connectivity index (χ4v) is 6.05. The molecule has 5 heteroatoms. The SMILES string of the molecule is COc1ccc2c(c1)C13CCN(C)C(C2)C1(O)CCC1(C3)OCCO1. The molecule has 1 aromatic rings. The van der Waals surface area contributed by atoms with Gasteiger partial charge >= 0.3 is 0 Å². The zero-order valence-electron chi connectivity index (χ0n) is 15.1. The summed E-state index contributed by atoms with van der Waals surface area (Å²) in [6, 6.07) is 6.52. The summed E-state index contributed by atoms with van der Waals surface area (Å²) < 4.78 is 17.7. The smallest absolute Gasteiger partial charge is 0.169 e. The van der Waals surface area contributed by atoms with E-state index in [1.807, 2.05) is 6.07 Å². The lowest BCUT2D eigenvalue weighted by Gasteiger charge is -2.65. The van der Waals surface area contributed by atoms with Gasteiger partial charge < -0.3 is 24.2 Å². The molecule has 1 saturated carbocycles. The van der Waals surface area contributed by atoms with Crippen LogP contribution in [-0.2, 0) is 21.3 Å². The highest BCUT2D eigenvalue weighted by Gasteiger charge is 2.67. The van der Waals surface area contributed by atoms with Gasteiger partial charge in [-0.15, -0.1) is 0 Å². The molecule has 4 aliphatic rings. The van der Waals surface area contributed by atoms with E-state index in [0.717, 1.165) is 44.4 Å². The molecule has 0 radical (unpaired) electrons. The van der Waals surface area contributed by atoms with E-state index in [4.69, 9.17) is 14.2 Å². The minimum Gasteiger partial charge on any atom is -0.497 e. The second-order valence-corrected chi connectivity index (χ2v) is 8.26. The van der Waals surface area contributed by atoms with Crippen LogP contribution in [0.15, 0.2) is 18.2 Å². The van der Waals surface area contributed by atoms with E-state index < -0.39 is 11.4 Å². The van der Waals surface area contributed by atoms with Crippen LogP contribution in [0.1, 0.15) is 36.8 Å². The predicted octanol–water partition coefficient (Wildman–Crippen LogP) is 1.85. The molecule has 1 aromatic carbocycles. The zero-order valence-corrected chi connectivity index (χ0v) is 15.1. The van der Waals surface area contributed by atoms with Crippen LogP contribution in [0.25, 0.3) is 0 Å². The molecule has 5 rings (SSSR count). The van der Waals surface area contributed by atoms with Gasteiger partial charge in [0.25, 0.3) is 0 Å². The quantitative estimate of drug-likeness (QED) is 0.842. The van der Waals surface area contributed by atoms with Crippen molar-refractivity contribution in [2.45, 2.75) is 54.9 Å². The van der Waals surface area contributed by atoms with Crippen molar-refractivity contribution < 1.29 is 19.3 Å². The lowest BCUT2D eigenvalue weighted by molar-refractivity contribution is -0.257. The summed E-state index contributed by atoms with van der Waals surface area (Å²) in [5.74, 6) is 0.338. The van der Waals surface area contributed by atoms with E-state index in [9.17, 15) is 5.11 Å². The summed E-state index contributed by atoms with van der Waals surface area (Å²) in [5, 5.41) is 12.0. The summed E-state index contributed by atoms with van der Waals surface area (Å²) in [5.41, 5.74) is 1.52. The molecule has 0 amide bonds. The van der Waals surface area contributed by atoms with E-state index >= 15 is 0 Å². The summed E-state index contributed by atoms with van der Waals surface area (Å²) in [4.78, 5) is 2.35. The molecule has 1 spiro atoms. The van der Waals surface area contributed by atoms with Gasteiger partial charge in [0, 0.05) is 24.3 Å². The highest BCUT2D eigenvalue weighted by atomic mass is 16.7. The minimum atomic E-state index is -0.736. The van der Waals surface area contributed by atoms with Crippen molar-refractivity contribution in [2.75, 3.05) is 33.9 Å². The van der Waals surface area contributed by atoms with Crippen LogP contribution in [0.2, 0.25) is 0 Å². The number of piperidine rings is 1. The fraction of sp³-hybridized carbons (Fsp3) is 0.700. The Balaban J connectivity index is 1.70. The minimum absolute atomic E-state index is 0.154. The van der Waals surface area contributed by atoms with Crippen LogP contribution in [0.5, 0.6) is 5.75 Å². The lowest BCUT2D eigenvalue weighted by Crippen LogP contribution is -2.74. The molecule has 2 bridgehead atoms. The Morgan fingerprint density at radius 3 is 2.76 bits per heavy atom. The number of methoxy groups -OCH3 is 1. The molecule has 1 N–H and O–H groups in total. The summed E-state index contributed by atoms with van der Waals surface area (Å²) in [7, 11) is 3.85. The number of hydrogen-bond donors (Lipinski definition) is 1. The van der Waals surface area contributed by atoms with Gasteiger partial charge in [-0.3, -0.25) is 0 Å². The van der Waals surface area contributed by atoms with E-state index in [1.165, 1.54) is 11.1 Å². The average molecular weight is 345 g/mol. The summed E-state index contributed by atoms with van der Waals surface area (Å²) >= 11 is 0. The van der Waals surface area contributed by atoms with Gasteiger partial charge in [0.15, 0.2) is 5.79 Å². The van der Waals surface area contributed by atoms with E-state index in [2.05, 4.69) is 24.1 Å². The van der Waals surface area contributed by atoms with Gasteiger partial charge in [0.05, 0.1) is 25.9 Å². The molecule has 0 aromatic heterocycles. The molecule has 3 atom stereocenters. The Hall–Kier alpha value is -1.14. The van der Waals surface area contributed by atoms with Gasteiger partial charge in [-0.1, -0.05) is 6.07 Å². The molecule has 25 heavy (non-hydrogen) atoms. The van der Waals surface area contributed by atoms with Crippen molar-refractivity contribution in [3.05, 3.63) is 29.3 Å². The first kappa shape index (κ1) is 16.1. The third-order valence-electron chi connectivity index (χ3n) is 7.32. The van der Waals surface area contributed by atoms with Crippen molar-refractivity contribution in [1.82, 2.24) is 4.90 Å². The maximum absolute atomic E-state index is 12.0. The monoisotopic (exact) mass is 345 g/mol. The maximum atomic E-state index is 12.0. The Kier molecular flexibility index (Phi) is 3.34. The molecule has 2 aliphatic carbocycles. The first-order valence-electron chi connectivity index (χ1n) is 9.40. The van der Waals surface area contributed by atoms with Crippen LogP contribution in [0.3, 0.4) is 0 Å². The summed E-state index contributed by atoms with van der Waals surface area (Å²) in [6.07, 6.45) is 4.04. The Morgan fingerprint density at radius 2 is 2.00 bits per heavy atom. The molecular formula is C20H27NO4. The van der Waals surface area contributed by atoms with Crippen molar-refractivity contribution in [1.29, 1.82) is 0 Å². The van der Waals surface area contributed by atoms with E-state index in [-0.39, 0.29) is 11.5 Å². The van der Waals surface area contributed by atoms with E-state index in [1.54, 1.807) is 7.11 Å². The van der Waals surface area contributed by atoms with Gasteiger partial charge in [-0.2, -0.15) is 0 Å². The van der Waals surface area contributed by atoms with Crippen LogP contribution in [0, 0.1) is 0 Å². The molecule has 2 heterocycles. The third kappa shape index (κ3) is 1.98. The van der Waals surface area contributed by atoms with E-state index in [0.29, 0.717) is 13.2 Å². The Bertz CT molecular complexity index is 701. The average Bonchev–Trinajstić information content (AvgIpc) is 3.07. The van der Waals surface area contributed by atoms with Gasteiger partial charge in [-0.25, -0.2) is 0 Å². The number of rotatable bonds is 1. The number of nitrogens with zero attached hydrogens (tertiary/aromatic N) is 1. The molecule has 3 unspecified atom stereocenters. The highest BCUT2D eigenvalue weighted by molar-refractivity contribution is 5.48. The summed E-state index contributed by atoms with van der Waals surface area (Å²) in [6.45, 7) is 2.30. The molecule has 2 aliphatic heterocycles. The van der Waals surface area contributed by atoms with Gasteiger partial charge in [-0.05, 0) is 56.1 Å². The number of aliphatic hydroxyl groups is 1. The normalized spacial score (nSPS) is 39.1. The predicted molar refractivity (Wildman–Crippen MR) is 92.8 cm³/mol. The Morgan fingerprint density at radius 1 is 1.20 bits per heavy atom. The first-order valence-corrected chi connectivity index (χ1v) is 9.40. The lowest BCUT2D eigenvalue weighted by atomic mass is 9.48. The fourth-order valence-electron chi connectivity index (χ4n) is 6.05. The number of likely N-dealkylation sites (N-methyl/N-ethyl adjacent to an activating group) is 1. The standard InChI is InChI=1S/C20H27NO4/c1-21-8-7-18-13-19(24-9-10-25-19)5-6-20(18,22)17(21)11-14-3-4-15(23-2)12-16(14)18/h3-4,12,17,22H,5-11,13H2,1-2H3. The second-order valence-electron chi connectivity index (χ2n) is 8.26. The molecular weight excluding hydrogens is 318 g/mol. The van der Waals surface area contributed by atoms with Gasteiger partial charge in [0.1, 0.15) is 5.75 Å². The largest absolute Gasteiger partial charge is 0.497 e. The highest BCUT2D eigenvalue weighted by Crippen LogP contribution is 2.61. The van der Waals surface area contributed by atoms with Crippen LogP contribution < -0.4 is 4.74 Å². The van der Waals surface area contributed by atoms with Crippen molar-refractivity contribution in [3.8, 4) is 5.75 Å². The van der Waals surface area contributed by atoms with Crippen molar-refractivity contribution >= 4 is 0 Å². The number of fused-ring (bicyclic) bond motifs is 1. The maximum Gasteiger partial charge on any atom is 0.169 e. The van der Waals surface area contributed by atoms with Crippen molar-refractivity contribution in [2.24, 2.45) is 0 Å². The van der Waals surface area contributed by atoms with Gasteiger partial charge in [0.2, 0.25) is 0 Å². The molecule has 2 saturated heterocycles. The van der Waals surface area contributed by atoms with Crippen LogP contribution >= 0.6 is 0 Å². The molecule has 136 valence electrons. The zero-order chi connectivity index (χ0) is 17.3. The van der Waals surface area contributed by atoms with Crippen LogP contribution in [-0.4, -0.2) is 61.4 Å².